The normalized spacial score (nSPS) is 10.6. The molecule has 0 saturated carbocycles. The Hall–Kier alpha value is -2.63. The highest BCUT2D eigenvalue weighted by molar-refractivity contribution is 5.94. The van der Waals surface area contributed by atoms with E-state index in [0.717, 1.165) is 18.4 Å². The van der Waals surface area contributed by atoms with Gasteiger partial charge in [-0.05, 0) is 30.5 Å². The molecule has 0 aliphatic heterocycles. The summed E-state index contributed by atoms with van der Waals surface area (Å²) in [7, 11) is 3.48. The molecule has 24 heavy (non-hydrogen) atoms. The van der Waals surface area contributed by atoms with Gasteiger partial charge in [-0.25, -0.2) is 0 Å². The number of carboxylic acids is 1. The van der Waals surface area contributed by atoms with Gasteiger partial charge in [-0.2, -0.15) is 0 Å². The number of unbranched alkanes of at least 4 members (excludes halogenated alkanes) is 1. The zero-order chi connectivity index (χ0) is 17.9. The molecule has 0 fully saturated rings. The minimum atomic E-state index is -0.945. The Kier molecular flexibility index (Phi) is 8.25. The maximum Gasteiger partial charge on any atom is 0.305 e. The van der Waals surface area contributed by atoms with E-state index < -0.39 is 5.97 Å². The van der Waals surface area contributed by atoms with Crippen LogP contribution in [0.1, 0.15) is 41.6 Å². The van der Waals surface area contributed by atoms with Crippen molar-refractivity contribution in [1.29, 1.82) is 0 Å². The van der Waals surface area contributed by atoms with Crippen molar-refractivity contribution in [3.05, 3.63) is 41.5 Å². The summed E-state index contributed by atoms with van der Waals surface area (Å²) in [6.45, 7) is 0.105. The second-order valence-electron chi connectivity index (χ2n) is 5.61. The van der Waals surface area contributed by atoms with Crippen molar-refractivity contribution < 1.29 is 19.5 Å². The quantitative estimate of drug-likeness (QED) is 0.679. The van der Waals surface area contributed by atoms with E-state index >= 15 is 0 Å². The van der Waals surface area contributed by atoms with E-state index in [-0.39, 0.29) is 24.8 Å². The minimum Gasteiger partial charge on any atom is -0.481 e. The molecule has 0 atom stereocenters. The molecule has 2 N–H and O–H groups in total. The number of hydrogen-bond donors (Lipinski definition) is 2. The number of nitrogens with one attached hydrogen (secondary N) is 1. The summed E-state index contributed by atoms with van der Waals surface area (Å²) in [6.07, 6.45) is 5.87. The van der Waals surface area contributed by atoms with E-state index in [4.69, 9.17) is 5.11 Å². The van der Waals surface area contributed by atoms with Gasteiger partial charge in [-0.3, -0.25) is 14.4 Å². The molecule has 0 saturated heterocycles. The monoisotopic (exact) mass is 332 g/mol. The number of carbonyl (C=O) groups is 3. The lowest BCUT2D eigenvalue weighted by Crippen LogP contribution is -2.25. The lowest BCUT2D eigenvalue weighted by Gasteiger charge is -2.08. The van der Waals surface area contributed by atoms with Crippen LogP contribution in [0, 0.1) is 0 Å². The van der Waals surface area contributed by atoms with E-state index in [0.29, 0.717) is 12.0 Å². The molecular weight excluding hydrogens is 308 g/mol. The Labute approximate surface area is 142 Å². The first-order valence-electron chi connectivity index (χ1n) is 7.87. The second kappa shape index (κ2) is 10.2. The summed E-state index contributed by atoms with van der Waals surface area (Å²) < 4.78 is 0. The highest BCUT2D eigenvalue weighted by Gasteiger charge is 2.06. The Morgan fingerprint density at radius 2 is 1.96 bits per heavy atom. The van der Waals surface area contributed by atoms with E-state index in [1.807, 2.05) is 18.2 Å². The molecule has 1 rings (SSSR count). The van der Waals surface area contributed by atoms with Crippen LogP contribution in [0.15, 0.2) is 30.3 Å². The molecule has 6 heteroatoms. The number of hydrogen-bond acceptors (Lipinski definition) is 3. The lowest BCUT2D eigenvalue weighted by atomic mass is 10.1. The van der Waals surface area contributed by atoms with Gasteiger partial charge < -0.3 is 15.3 Å². The molecule has 6 nitrogen and oxygen atoms in total. The number of allylic oxidation sites excluding steroid dienone is 1. The predicted octanol–water partition coefficient (Wildman–Crippen LogP) is 2.16. The van der Waals surface area contributed by atoms with E-state index in [2.05, 4.69) is 5.32 Å². The maximum absolute atomic E-state index is 11.9. The summed E-state index contributed by atoms with van der Waals surface area (Å²) in [5, 5.41) is 11.1. The molecule has 0 aliphatic carbocycles. The number of benzene rings is 1. The van der Waals surface area contributed by atoms with Gasteiger partial charge in [0.2, 0.25) is 5.91 Å². The fourth-order valence-electron chi connectivity index (χ4n) is 1.98. The van der Waals surface area contributed by atoms with Gasteiger partial charge in [-0.1, -0.05) is 24.3 Å². The van der Waals surface area contributed by atoms with Gasteiger partial charge >= 0.3 is 5.97 Å². The smallest absolute Gasteiger partial charge is 0.305 e. The largest absolute Gasteiger partial charge is 0.481 e. The third-order valence-electron chi connectivity index (χ3n) is 3.34. The van der Waals surface area contributed by atoms with Crippen molar-refractivity contribution in [2.75, 3.05) is 20.6 Å². The molecule has 0 bridgehead atoms. The van der Waals surface area contributed by atoms with Gasteiger partial charge in [0.05, 0.1) is 6.42 Å². The summed E-state index contributed by atoms with van der Waals surface area (Å²) in [6, 6.07) is 7.09. The first kappa shape index (κ1) is 19.4. The zero-order valence-electron chi connectivity index (χ0n) is 14.1. The average Bonchev–Trinajstić information content (AvgIpc) is 2.54. The molecule has 0 unspecified atom stereocenters. The molecule has 1 aromatic rings. The zero-order valence-corrected chi connectivity index (χ0v) is 14.1. The van der Waals surface area contributed by atoms with Crippen molar-refractivity contribution in [3.63, 3.8) is 0 Å². The van der Waals surface area contributed by atoms with Gasteiger partial charge in [0, 0.05) is 32.6 Å². The Bertz CT molecular complexity index is 609. The van der Waals surface area contributed by atoms with Crippen molar-refractivity contribution in [2.24, 2.45) is 0 Å². The molecule has 130 valence electrons. The molecule has 1 aromatic carbocycles. The third-order valence-corrected chi connectivity index (χ3v) is 3.34. The van der Waals surface area contributed by atoms with Gasteiger partial charge in [0.25, 0.3) is 5.91 Å². The van der Waals surface area contributed by atoms with E-state index in [1.54, 1.807) is 37.2 Å². The molecular formula is C18H24N2O4. The predicted molar refractivity (Wildman–Crippen MR) is 92.6 cm³/mol. The van der Waals surface area contributed by atoms with Crippen LogP contribution in [-0.4, -0.2) is 48.4 Å². The van der Waals surface area contributed by atoms with Crippen LogP contribution in [0.3, 0.4) is 0 Å². The molecule has 0 aliphatic rings. The average molecular weight is 332 g/mol. The molecule has 2 amide bonds. The van der Waals surface area contributed by atoms with Crippen molar-refractivity contribution in [2.45, 2.75) is 25.7 Å². The fraction of sp³-hybridized carbons (Fsp3) is 0.389. The van der Waals surface area contributed by atoms with Crippen LogP contribution in [0.4, 0.5) is 0 Å². The Morgan fingerprint density at radius 1 is 1.21 bits per heavy atom. The number of nitrogens with zero attached hydrogens (tertiary/aromatic N) is 1. The first-order chi connectivity index (χ1) is 11.4. The molecule has 0 radical (unpaired) electrons. The van der Waals surface area contributed by atoms with E-state index in [9.17, 15) is 14.4 Å². The van der Waals surface area contributed by atoms with Crippen LogP contribution in [0.5, 0.6) is 0 Å². The van der Waals surface area contributed by atoms with Gasteiger partial charge in [0.15, 0.2) is 0 Å². The molecule has 0 spiro atoms. The second-order valence-corrected chi connectivity index (χ2v) is 5.61. The fourth-order valence-corrected chi connectivity index (χ4v) is 1.98. The minimum absolute atomic E-state index is 0.100. The summed E-state index contributed by atoms with van der Waals surface area (Å²) in [5.74, 6) is -1.12. The highest BCUT2D eigenvalue weighted by Crippen LogP contribution is 2.09. The third kappa shape index (κ3) is 7.58. The topological polar surface area (TPSA) is 86.7 Å². The van der Waals surface area contributed by atoms with E-state index in [1.165, 1.54) is 0 Å². The summed E-state index contributed by atoms with van der Waals surface area (Å²) in [4.78, 5) is 35.4. The Morgan fingerprint density at radius 3 is 2.62 bits per heavy atom. The van der Waals surface area contributed by atoms with Crippen LogP contribution in [0.2, 0.25) is 0 Å². The number of carboxylic acid groups (broad SMARTS) is 1. The van der Waals surface area contributed by atoms with Gasteiger partial charge in [0.1, 0.15) is 0 Å². The SMILES string of the molecule is CN(C)C(=O)CCCC=Cc1cccc(C(=O)NCCC(=O)O)c1. The van der Waals surface area contributed by atoms with Crippen molar-refractivity contribution in [3.8, 4) is 0 Å². The maximum atomic E-state index is 11.9. The number of carbonyl (C=O) groups excluding carboxylic acids is 2. The van der Waals surface area contributed by atoms with Crippen molar-refractivity contribution >= 4 is 23.9 Å². The first-order valence-corrected chi connectivity index (χ1v) is 7.87. The number of amides is 2. The van der Waals surface area contributed by atoms with Crippen LogP contribution >= 0.6 is 0 Å². The molecule has 0 heterocycles. The molecule has 0 aromatic heterocycles. The van der Waals surface area contributed by atoms with Crippen LogP contribution < -0.4 is 5.32 Å². The standard InChI is InChI=1S/C18H24N2O4/c1-20(2)16(21)10-5-3-4-7-14-8-6-9-15(13-14)18(24)19-12-11-17(22)23/h4,6-9,13H,3,5,10-12H2,1-2H3,(H,19,24)(H,22,23). The lowest BCUT2D eigenvalue weighted by molar-refractivity contribution is -0.136. The Balaban J connectivity index is 2.47. The summed E-state index contributed by atoms with van der Waals surface area (Å²) >= 11 is 0. The number of rotatable bonds is 9. The van der Waals surface area contributed by atoms with Crippen LogP contribution in [-0.2, 0) is 9.59 Å². The van der Waals surface area contributed by atoms with Crippen molar-refractivity contribution in [1.82, 2.24) is 10.2 Å². The van der Waals surface area contributed by atoms with Crippen LogP contribution in [0.25, 0.3) is 6.08 Å². The summed E-state index contributed by atoms with van der Waals surface area (Å²) in [5.41, 5.74) is 1.38. The van der Waals surface area contributed by atoms with Gasteiger partial charge in [-0.15, -0.1) is 0 Å². The number of aliphatic carboxylic acids is 1. The highest BCUT2D eigenvalue weighted by atomic mass is 16.4.